The number of hydrogen-bond donors (Lipinski definition) is 1. The van der Waals surface area contributed by atoms with E-state index in [4.69, 9.17) is 4.74 Å². The zero-order chi connectivity index (χ0) is 33.9. The van der Waals surface area contributed by atoms with Crippen molar-refractivity contribution in [2.45, 2.75) is 70.9 Å². The molecule has 3 aliphatic rings. The molecule has 258 valence electrons. The summed E-state index contributed by atoms with van der Waals surface area (Å²) in [7, 11) is 0. The Balaban J connectivity index is 1.35. The first kappa shape index (κ1) is 35.1. The summed E-state index contributed by atoms with van der Waals surface area (Å²) in [6.07, 6.45) is 8.30. The highest BCUT2D eigenvalue weighted by Gasteiger charge is 2.43. The zero-order valence-corrected chi connectivity index (χ0v) is 28.6. The van der Waals surface area contributed by atoms with Gasteiger partial charge in [-0.1, -0.05) is 35.9 Å². The van der Waals surface area contributed by atoms with E-state index in [0.29, 0.717) is 36.4 Å². The monoisotopic (exact) mass is 657 g/mol. The molecular formula is C38H51N5O5. The molecule has 3 aliphatic heterocycles. The van der Waals surface area contributed by atoms with Crippen LogP contribution in [0, 0.1) is 0 Å². The molecule has 5 rings (SSSR count). The molecule has 2 atom stereocenters. The smallest absolute Gasteiger partial charge is 0.260 e. The summed E-state index contributed by atoms with van der Waals surface area (Å²) in [5.74, 6) is -0.214. The summed E-state index contributed by atoms with van der Waals surface area (Å²) >= 11 is 0. The fourth-order valence-electron chi connectivity index (χ4n) is 6.83. The van der Waals surface area contributed by atoms with Gasteiger partial charge < -0.3 is 24.8 Å². The van der Waals surface area contributed by atoms with Crippen molar-refractivity contribution in [3.05, 3.63) is 77.4 Å². The van der Waals surface area contributed by atoms with E-state index in [1.165, 1.54) is 5.57 Å². The van der Waals surface area contributed by atoms with Crippen molar-refractivity contribution in [3.63, 3.8) is 0 Å². The normalized spacial score (nSPS) is 21.2. The molecule has 2 bridgehead atoms. The minimum atomic E-state index is -0.712. The van der Waals surface area contributed by atoms with Crippen LogP contribution >= 0.6 is 0 Å². The molecule has 0 radical (unpaired) electrons. The maximum Gasteiger partial charge on any atom is 0.260 e. The number of amides is 4. The molecule has 0 saturated carbocycles. The van der Waals surface area contributed by atoms with Gasteiger partial charge in [0.05, 0.1) is 6.04 Å². The summed E-state index contributed by atoms with van der Waals surface area (Å²) < 4.78 is 5.84. The molecule has 3 saturated heterocycles. The molecule has 0 aromatic heterocycles. The van der Waals surface area contributed by atoms with Crippen LogP contribution in [0.2, 0.25) is 0 Å². The van der Waals surface area contributed by atoms with Gasteiger partial charge in [0.25, 0.3) is 17.7 Å². The van der Waals surface area contributed by atoms with E-state index in [2.05, 4.69) is 30.1 Å². The Morgan fingerprint density at radius 1 is 0.812 bits per heavy atom. The van der Waals surface area contributed by atoms with E-state index < -0.39 is 6.04 Å². The second-order valence-corrected chi connectivity index (χ2v) is 13.4. The van der Waals surface area contributed by atoms with Gasteiger partial charge in [0.2, 0.25) is 5.91 Å². The maximum absolute atomic E-state index is 14.1. The van der Waals surface area contributed by atoms with Crippen molar-refractivity contribution >= 4 is 23.6 Å². The van der Waals surface area contributed by atoms with Crippen LogP contribution in [-0.2, 0) is 9.59 Å². The highest BCUT2D eigenvalue weighted by atomic mass is 16.5. The third-order valence-corrected chi connectivity index (χ3v) is 9.55. The van der Waals surface area contributed by atoms with Crippen molar-refractivity contribution < 1.29 is 23.9 Å². The molecule has 10 nitrogen and oxygen atoms in total. The molecule has 10 heteroatoms. The largest absolute Gasteiger partial charge is 0.484 e. The van der Waals surface area contributed by atoms with Gasteiger partial charge in [-0.2, -0.15) is 0 Å². The fourth-order valence-corrected chi connectivity index (χ4v) is 6.83. The van der Waals surface area contributed by atoms with Crippen molar-refractivity contribution in [1.82, 2.24) is 24.9 Å². The van der Waals surface area contributed by atoms with E-state index in [-0.39, 0.29) is 42.8 Å². The van der Waals surface area contributed by atoms with E-state index in [1.54, 1.807) is 29.2 Å². The SMILES string of the molecule is CC(C)=CCN1CCCCNC(=O)[C@@H]2C[C@@H](CN2C(=O)c2cccc(OCC(=O)N3CCCCC3)c2)N(C(=O)c2ccccc2)CCC1. The molecule has 1 N–H and O–H groups in total. The third-order valence-electron chi connectivity index (χ3n) is 9.55. The van der Waals surface area contributed by atoms with Gasteiger partial charge in [0, 0.05) is 56.9 Å². The first-order valence-corrected chi connectivity index (χ1v) is 17.6. The van der Waals surface area contributed by atoms with Crippen LogP contribution in [0.25, 0.3) is 0 Å². The van der Waals surface area contributed by atoms with Gasteiger partial charge in [-0.05, 0) is 95.7 Å². The summed E-state index contributed by atoms with van der Waals surface area (Å²) in [5, 5.41) is 3.08. The van der Waals surface area contributed by atoms with Gasteiger partial charge in [-0.3, -0.25) is 24.1 Å². The van der Waals surface area contributed by atoms with Crippen LogP contribution in [-0.4, -0.2) is 114 Å². The number of hydrogen-bond acceptors (Lipinski definition) is 6. The average molecular weight is 658 g/mol. The molecule has 0 spiro atoms. The second kappa shape index (κ2) is 17.3. The van der Waals surface area contributed by atoms with Crippen molar-refractivity contribution in [2.75, 3.05) is 59.0 Å². The Labute approximate surface area is 285 Å². The fraction of sp³-hybridized carbons (Fsp3) is 0.526. The number of nitrogens with one attached hydrogen (secondary N) is 1. The number of ether oxygens (including phenoxy) is 1. The zero-order valence-electron chi connectivity index (χ0n) is 28.6. The predicted octanol–water partition coefficient (Wildman–Crippen LogP) is 4.37. The Morgan fingerprint density at radius 3 is 2.29 bits per heavy atom. The van der Waals surface area contributed by atoms with Crippen LogP contribution in [0.5, 0.6) is 5.75 Å². The Bertz CT molecular complexity index is 1440. The minimum absolute atomic E-state index is 0.0576. The first-order valence-electron chi connectivity index (χ1n) is 17.6. The molecular weight excluding hydrogens is 606 g/mol. The lowest BCUT2D eigenvalue weighted by Gasteiger charge is -2.30. The lowest BCUT2D eigenvalue weighted by Crippen LogP contribution is -2.46. The summed E-state index contributed by atoms with van der Waals surface area (Å²) in [6.45, 7) is 9.52. The van der Waals surface area contributed by atoms with Gasteiger partial charge in [-0.25, -0.2) is 0 Å². The summed E-state index contributed by atoms with van der Waals surface area (Å²) in [5.41, 5.74) is 2.24. The number of likely N-dealkylation sites (tertiary alicyclic amines) is 2. The quantitative estimate of drug-likeness (QED) is 0.444. The van der Waals surface area contributed by atoms with Crippen LogP contribution in [0.3, 0.4) is 0 Å². The van der Waals surface area contributed by atoms with Gasteiger partial charge in [0.1, 0.15) is 11.8 Å². The van der Waals surface area contributed by atoms with E-state index in [0.717, 1.165) is 71.2 Å². The molecule has 48 heavy (non-hydrogen) atoms. The highest BCUT2D eigenvalue weighted by Crippen LogP contribution is 2.28. The predicted molar refractivity (Wildman–Crippen MR) is 186 cm³/mol. The van der Waals surface area contributed by atoms with Crippen LogP contribution in [0.1, 0.15) is 79.5 Å². The van der Waals surface area contributed by atoms with Crippen molar-refractivity contribution in [3.8, 4) is 5.75 Å². The highest BCUT2D eigenvalue weighted by molar-refractivity contribution is 5.99. The average Bonchev–Trinajstić information content (AvgIpc) is 3.56. The molecule has 3 fully saturated rings. The number of fused-ring (bicyclic) bond motifs is 2. The van der Waals surface area contributed by atoms with Gasteiger partial charge in [0.15, 0.2) is 6.61 Å². The standard InChI is InChI=1S/C38H51N5O5/c1-29(2)17-24-40-19-10-7-18-39-36(45)34-26-32(42(23-12-20-40)37(46)30-13-5-3-6-14-30)27-43(34)38(47)31-15-11-16-33(25-31)48-28-35(44)41-21-8-4-9-22-41/h3,5-6,11,13-17,25,32,34H,4,7-10,12,18-24,26-28H2,1-2H3,(H,39,45)/t32-,34-/m0/s1. The second-order valence-electron chi connectivity index (χ2n) is 13.4. The molecule has 2 aromatic rings. The molecule has 0 unspecified atom stereocenters. The Kier molecular flexibility index (Phi) is 12.7. The van der Waals surface area contributed by atoms with Crippen molar-refractivity contribution in [1.29, 1.82) is 0 Å². The Hall–Kier alpha value is -4.18. The number of rotatable bonds is 7. The van der Waals surface area contributed by atoms with E-state index >= 15 is 0 Å². The van der Waals surface area contributed by atoms with E-state index in [9.17, 15) is 19.2 Å². The summed E-state index contributed by atoms with van der Waals surface area (Å²) in [4.78, 5) is 62.2. The summed E-state index contributed by atoms with van der Waals surface area (Å²) in [6, 6.07) is 15.0. The number of benzene rings is 2. The molecule has 4 amide bonds. The van der Waals surface area contributed by atoms with E-state index in [1.807, 2.05) is 40.1 Å². The molecule has 3 heterocycles. The molecule has 0 aliphatic carbocycles. The first-order chi connectivity index (χ1) is 23.3. The van der Waals surface area contributed by atoms with Gasteiger partial charge >= 0.3 is 0 Å². The molecule has 2 aromatic carbocycles. The lowest BCUT2D eigenvalue weighted by molar-refractivity contribution is -0.134. The van der Waals surface area contributed by atoms with Crippen LogP contribution in [0.4, 0.5) is 0 Å². The number of allylic oxidation sites excluding steroid dienone is 1. The number of piperidine rings is 1. The van der Waals surface area contributed by atoms with Crippen LogP contribution < -0.4 is 10.1 Å². The third kappa shape index (κ3) is 9.46. The lowest BCUT2D eigenvalue weighted by atomic mass is 10.1. The number of nitrogens with zero attached hydrogens (tertiary/aromatic N) is 4. The topological polar surface area (TPSA) is 102 Å². The number of carbonyl (C=O) groups is 4. The van der Waals surface area contributed by atoms with Gasteiger partial charge in [-0.15, -0.1) is 0 Å². The maximum atomic E-state index is 14.1. The number of carbonyl (C=O) groups excluding carboxylic acids is 4. The Morgan fingerprint density at radius 2 is 1.52 bits per heavy atom. The van der Waals surface area contributed by atoms with Crippen LogP contribution in [0.15, 0.2) is 66.2 Å². The minimum Gasteiger partial charge on any atom is -0.484 e. The van der Waals surface area contributed by atoms with Crippen molar-refractivity contribution in [2.24, 2.45) is 0 Å².